The molecule has 1 unspecified atom stereocenters. The summed E-state index contributed by atoms with van der Waals surface area (Å²) in [4.78, 5) is 0. The largest absolute Gasteiger partial charge is 0.394 e. The van der Waals surface area contributed by atoms with Crippen LogP contribution in [0.1, 0.15) is 17.2 Å². The zero-order valence-corrected chi connectivity index (χ0v) is 12.1. The molecule has 0 fully saturated rings. The molecule has 0 aliphatic heterocycles. The second-order valence-electron chi connectivity index (χ2n) is 4.52. The molecule has 0 aliphatic carbocycles. The molecule has 106 valence electrons. The Kier molecular flexibility index (Phi) is 5.41. The van der Waals surface area contributed by atoms with Gasteiger partial charge in [0.15, 0.2) is 0 Å². The molecular weight excluding hydrogens is 274 g/mol. The molecule has 2 aromatic rings. The normalized spacial score (nSPS) is 12.2. The summed E-state index contributed by atoms with van der Waals surface area (Å²) in [7, 11) is 1.66. The monoisotopic (exact) mass is 291 g/mol. The number of rotatable bonds is 6. The predicted octanol–water partition coefficient (Wildman–Crippen LogP) is 3.63. The number of hydrogen-bond acceptors (Lipinski definition) is 3. The van der Waals surface area contributed by atoms with E-state index in [4.69, 9.17) is 16.3 Å². The first kappa shape index (κ1) is 14.9. The number of aliphatic hydroxyl groups excluding tert-OH is 1. The van der Waals surface area contributed by atoms with Gasteiger partial charge in [-0.3, -0.25) is 0 Å². The molecular formula is C16H18ClNO2. The van der Waals surface area contributed by atoms with Crippen LogP contribution in [0.2, 0.25) is 5.02 Å². The number of anilines is 1. The van der Waals surface area contributed by atoms with E-state index in [-0.39, 0.29) is 12.6 Å². The molecule has 0 spiro atoms. The number of halogens is 1. The zero-order valence-electron chi connectivity index (χ0n) is 11.3. The van der Waals surface area contributed by atoms with Crippen LogP contribution in [0.15, 0.2) is 48.5 Å². The third-order valence-corrected chi connectivity index (χ3v) is 3.35. The number of benzene rings is 2. The summed E-state index contributed by atoms with van der Waals surface area (Å²) >= 11 is 5.87. The zero-order chi connectivity index (χ0) is 14.4. The minimum absolute atomic E-state index is 0.00333. The second-order valence-corrected chi connectivity index (χ2v) is 4.95. The second kappa shape index (κ2) is 7.29. The fourth-order valence-corrected chi connectivity index (χ4v) is 2.26. The Morgan fingerprint density at radius 2 is 1.85 bits per heavy atom. The van der Waals surface area contributed by atoms with Crippen molar-refractivity contribution in [2.24, 2.45) is 0 Å². The highest BCUT2D eigenvalue weighted by molar-refractivity contribution is 6.30. The molecule has 0 saturated carbocycles. The van der Waals surface area contributed by atoms with E-state index in [2.05, 4.69) is 5.32 Å². The molecule has 0 amide bonds. The highest BCUT2D eigenvalue weighted by atomic mass is 35.5. The molecule has 20 heavy (non-hydrogen) atoms. The SMILES string of the molecule is COCc1ccccc1C(CO)Nc1ccc(Cl)cc1. The van der Waals surface area contributed by atoms with Crippen LogP contribution in [0.4, 0.5) is 5.69 Å². The Balaban J connectivity index is 2.21. The van der Waals surface area contributed by atoms with Gasteiger partial charge in [0.05, 0.1) is 19.3 Å². The Hall–Kier alpha value is -1.55. The van der Waals surface area contributed by atoms with Crippen molar-refractivity contribution in [3.63, 3.8) is 0 Å². The fourth-order valence-electron chi connectivity index (χ4n) is 2.13. The van der Waals surface area contributed by atoms with E-state index in [1.165, 1.54) is 0 Å². The highest BCUT2D eigenvalue weighted by Crippen LogP contribution is 2.24. The van der Waals surface area contributed by atoms with E-state index in [0.29, 0.717) is 11.6 Å². The smallest absolute Gasteiger partial charge is 0.0748 e. The van der Waals surface area contributed by atoms with Crippen molar-refractivity contribution in [2.45, 2.75) is 12.6 Å². The molecule has 1 atom stereocenters. The van der Waals surface area contributed by atoms with Gasteiger partial charge in [-0.25, -0.2) is 0 Å². The number of ether oxygens (including phenoxy) is 1. The van der Waals surface area contributed by atoms with Crippen LogP contribution >= 0.6 is 11.6 Å². The molecule has 4 heteroatoms. The van der Waals surface area contributed by atoms with Gasteiger partial charge in [-0.1, -0.05) is 35.9 Å². The summed E-state index contributed by atoms with van der Waals surface area (Å²) in [6, 6.07) is 15.2. The van der Waals surface area contributed by atoms with E-state index >= 15 is 0 Å². The summed E-state index contributed by atoms with van der Waals surface area (Å²) < 4.78 is 5.20. The fraction of sp³-hybridized carbons (Fsp3) is 0.250. The minimum Gasteiger partial charge on any atom is -0.394 e. The van der Waals surface area contributed by atoms with Crippen molar-refractivity contribution in [1.29, 1.82) is 0 Å². The molecule has 0 radical (unpaired) electrons. The third-order valence-electron chi connectivity index (χ3n) is 3.10. The van der Waals surface area contributed by atoms with Gasteiger partial charge in [-0.05, 0) is 35.4 Å². The highest BCUT2D eigenvalue weighted by Gasteiger charge is 2.14. The Bertz CT molecular complexity index is 542. The summed E-state index contributed by atoms with van der Waals surface area (Å²) in [5.41, 5.74) is 3.02. The lowest BCUT2D eigenvalue weighted by Gasteiger charge is -2.21. The van der Waals surface area contributed by atoms with E-state index in [0.717, 1.165) is 16.8 Å². The van der Waals surface area contributed by atoms with Crippen molar-refractivity contribution >= 4 is 17.3 Å². The number of aliphatic hydroxyl groups is 1. The summed E-state index contributed by atoms with van der Waals surface area (Å²) in [5.74, 6) is 0. The van der Waals surface area contributed by atoms with Gasteiger partial charge < -0.3 is 15.2 Å². The first-order valence-corrected chi connectivity index (χ1v) is 6.82. The van der Waals surface area contributed by atoms with Gasteiger partial charge in [-0.15, -0.1) is 0 Å². The molecule has 2 rings (SSSR count). The maximum Gasteiger partial charge on any atom is 0.0748 e. The van der Waals surface area contributed by atoms with Gasteiger partial charge >= 0.3 is 0 Å². The summed E-state index contributed by atoms with van der Waals surface area (Å²) in [6.45, 7) is 0.526. The molecule has 0 saturated heterocycles. The summed E-state index contributed by atoms with van der Waals surface area (Å²) in [6.07, 6.45) is 0. The molecule has 0 bridgehead atoms. The van der Waals surface area contributed by atoms with Crippen molar-refractivity contribution in [3.8, 4) is 0 Å². The van der Waals surface area contributed by atoms with Crippen LogP contribution in [0.25, 0.3) is 0 Å². The lowest BCUT2D eigenvalue weighted by molar-refractivity contribution is 0.183. The number of methoxy groups -OCH3 is 1. The Labute approximate surface area is 124 Å². The number of hydrogen-bond donors (Lipinski definition) is 2. The molecule has 0 heterocycles. The lowest BCUT2D eigenvalue weighted by atomic mass is 10.0. The summed E-state index contributed by atoms with van der Waals surface area (Å²) in [5, 5.41) is 13.7. The van der Waals surface area contributed by atoms with Crippen molar-refractivity contribution in [3.05, 3.63) is 64.7 Å². The van der Waals surface area contributed by atoms with Gasteiger partial charge in [0.1, 0.15) is 0 Å². The van der Waals surface area contributed by atoms with Gasteiger partial charge in [0.2, 0.25) is 0 Å². The van der Waals surface area contributed by atoms with Crippen molar-refractivity contribution in [1.82, 2.24) is 0 Å². The van der Waals surface area contributed by atoms with E-state index in [9.17, 15) is 5.11 Å². The standard InChI is InChI=1S/C16H18ClNO2/c1-20-11-12-4-2-3-5-15(12)16(10-19)18-14-8-6-13(17)7-9-14/h2-9,16,18-19H,10-11H2,1H3. The Morgan fingerprint density at radius 1 is 1.15 bits per heavy atom. The lowest BCUT2D eigenvalue weighted by Crippen LogP contribution is -2.16. The predicted molar refractivity (Wildman–Crippen MR) is 82.1 cm³/mol. The Morgan fingerprint density at radius 3 is 2.50 bits per heavy atom. The maximum absolute atomic E-state index is 9.66. The third kappa shape index (κ3) is 3.73. The first-order chi connectivity index (χ1) is 9.74. The molecule has 3 nitrogen and oxygen atoms in total. The van der Waals surface area contributed by atoms with Crippen LogP contribution < -0.4 is 5.32 Å². The van der Waals surface area contributed by atoms with Crippen LogP contribution in [0, 0.1) is 0 Å². The van der Waals surface area contributed by atoms with Crippen LogP contribution in [-0.2, 0) is 11.3 Å². The van der Waals surface area contributed by atoms with Crippen LogP contribution in [-0.4, -0.2) is 18.8 Å². The molecule has 0 aliphatic rings. The minimum atomic E-state index is -0.178. The van der Waals surface area contributed by atoms with Gasteiger partial charge in [-0.2, -0.15) is 0 Å². The van der Waals surface area contributed by atoms with Crippen molar-refractivity contribution in [2.75, 3.05) is 19.0 Å². The van der Waals surface area contributed by atoms with E-state index < -0.39 is 0 Å². The molecule has 2 aromatic carbocycles. The van der Waals surface area contributed by atoms with Crippen LogP contribution in [0.5, 0.6) is 0 Å². The average molecular weight is 292 g/mol. The first-order valence-electron chi connectivity index (χ1n) is 6.44. The van der Waals surface area contributed by atoms with E-state index in [1.807, 2.05) is 48.5 Å². The maximum atomic E-state index is 9.66. The quantitative estimate of drug-likeness (QED) is 0.854. The van der Waals surface area contributed by atoms with Crippen LogP contribution in [0.3, 0.4) is 0 Å². The topological polar surface area (TPSA) is 41.5 Å². The molecule has 2 N–H and O–H groups in total. The van der Waals surface area contributed by atoms with Gasteiger partial charge in [0.25, 0.3) is 0 Å². The molecule has 0 aromatic heterocycles. The van der Waals surface area contributed by atoms with E-state index in [1.54, 1.807) is 7.11 Å². The average Bonchev–Trinajstić information content (AvgIpc) is 2.48. The number of nitrogens with one attached hydrogen (secondary N) is 1. The van der Waals surface area contributed by atoms with Crippen molar-refractivity contribution < 1.29 is 9.84 Å². The van der Waals surface area contributed by atoms with Gasteiger partial charge in [0, 0.05) is 17.8 Å².